The van der Waals surface area contributed by atoms with E-state index in [-0.39, 0.29) is 11.9 Å². The van der Waals surface area contributed by atoms with Crippen molar-refractivity contribution in [3.05, 3.63) is 24.3 Å². The van der Waals surface area contributed by atoms with Gasteiger partial charge in [-0.05, 0) is 49.3 Å². The van der Waals surface area contributed by atoms with E-state index in [0.717, 1.165) is 6.42 Å². The van der Waals surface area contributed by atoms with E-state index in [2.05, 4.69) is 5.32 Å². The van der Waals surface area contributed by atoms with Crippen molar-refractivity contribution in [2.45, 2.75) is 29.5 Å². The molecule has 0 aliphatic carbocycles. The topological polar surface area (TPSA) is 58.4 Å². The summed E-state index contributed by atoms with van der Waals surface area (Å²) in [6.45, 7) is 0.679. The van der Waals surface area contributed by atoms with Crippen molar-refractivity contribution >= 4 is 40.7 Å². The van der Waals surface area contributed by atoms with Gasteiger partial charge in [-0.1, -0.05) is 11.8 Å². The highest BCUT2D eigenvalue weighted by Crippen LogP contribution is 2.26. The summed E-state index contributed by atoms with van der Waals surface area (Å²) in [6, 6.07) is 6.16. The van der Waals surface area contributed by atoms with Gasteiger partial charge in [-0.3, -0.25) is 4.79 Å². The molecule has 0 radical (unpaired) electrons. The number of thiocarbonyl (C=S) groups is 1. The van der Waals surface area contributed by atoms with Gasteiger partial charge in [0.05, 0.1) is 0 Å². The Balaban J connectivity index is 1.97. The highest BCUT2D eigenvalue weighted by atomic mass is 32.2. The van der Waals surface area contributed by atoms with Crippen molar-refractivity contribution in [1.82, 2.24) is 4.90 Å². The number of nitrogens with zero attached hydrogens (tertiary/aromatic N) is 1. The summed E-state index contributed by atoms with van der Waals surface area (Å²) < 4.78 is 24.5. The molecule has 0 unspecified atom stereocenters. The Hall–Kier alpha value is -1.41. The fourth-order valence-corrected chi connectivity index (χ4v) is 3.06. The molecule has 114 valence electrons. The number of rotatable bonds is 4. The fourth-order valence-electron chi connectivity index (χ4n) is 2.22. The van der Waals surface area contributed by atoms with Crippen molar-refractivity contribution in [1.29, 1.82) is 0 Å². The van der Waals surface area contributed by atoms with Gasteiger partial charge in [0.25, 0.3) is 5.76 Å². The number of likely N-dealkylation sites (tertiary alicyclic amines) is 1. The van der Waals surface area contributed by atoms with Crippen LogP contribution in [0.15, 0.2) is 29.2 Å². The molecule has 1 fully saturated rings. The number of hydrogen-bond donors (Lipinski definition) is 2. The number of hydrogen-bond acceptors (Lipinski definition) is 3. The molecule has 1 amide bonds. The Bertz CT molecular complexity index is 525. The van der Waals surface area contributed by atoms with E-state index in [0.29, 0.717) is 40.4 Å². The Morgan fingerprint density at radius 1 is 1.43 bits per heavy atom. The predicted octanol–water partition coefficient (Wildman–Crippen LogP) is 2.65. The van der Waals surface area contributed by atoms with Crippen LogP contribution in [0.25, 0.3) is 0 Å². The third kappa shape index (κ3) is 4.28. The van der Waals surface area contributed by atoms with E-state index in [1.807, 2.05) is 0 Å². The van der Waals surface area contributed by atoms with Gasteiger partial charge in [0.1, 0.15) is 6.04 Å². The number of halogens is 2. The minimum Gasteiger partial charge on any atom is -0.368 e. The van der Waals surface area contributed by atoms with Crippen molar-refractivity contribution in [2.24, 2.45) is 5.73 Å². The van der Waals surface area contributed by atoms with Crippen LogP contribution in [0.2, 0.25) is 0 Å². The van der Waals surface area contributed by atoms with Gasteiger partial charge in [-0.2, -0.15) is 8.78 Å². The lowest BCUT2D eigenvalue weighted by Gasteiger charge is -2.25. The minimum atomic E-state index is -2.44. The van der Waals surface area contributed by atoms with Crippen LogP contribution in [0.1, 0.15) is 12.8 Å². The first-order chi connectivity index (χ1) is 9.97. The highest BCUT2D eigenvalue weighted by Gasteiger charge is 2.30. The van der Waals surface area contributed by atoms with E-state index < -0.39 is 5.76 Å². The largest absolute Gasteiger partial charge is 0.368 e. The Labute approximate surface area is 131 Å². The van der Waals surface area contributed by atoms with Crippen LogP contribution in [-0.2, 0) is 4.79 Å². The predicted molar refractivity (Wildman–Crippen MR) is 83.4 cm³/mol. The second kappa shape index (κ2) is 7.04. The SMILES string of the molecule is NC(=O)[C@@H]1CCCN1C(=S)Nc1ccc(SC(F)F)cc1. The molecule has 1 atom stereocenters. The van der Waals surface area contributed by atoms with E-state index in [1.54, 1.807) is 29.2 Å². The number of benzene rings is 1. The molecule has 1 aliphatic heterocycles. The Kier molecular flexibility index (Phi) is 5.35. The molecule has 4 nitrogen and oxygen atoms in total. The average Bonchev–Trinajstić information content (AvgIpc) is 2.90. The molecule has 1 aromatic carbocycles. The van der Waals surface area contributed by atoms with Crippen LogP contribution in [0, 0.1) is 0 Å². The highest BCUT2D eigenvalue weighted by molar-refractivity contribution is 7.99. The molecule has 0 bridgehead atoms. The summed E-state index contributed by atoms with van der Waals surface area (Å²) in [5.74, 6) is -2.83. The zero-order valence-electron chi connectivity index (χ0n) is 11.1. The molecule has 0 spiro atoms. The van der Waals surface area contributed by atoms with Crippen molar-refractivity contribution in [2.75, 3.05) is 11.9 Å². The normalized spacial score (nSPS) is 18.0. The fraction of sp³-hybridized carbons (Fsp3) is 0.385. The van der Waals surface area contributed by atoms with Gasteiger partial charge in [-0.15, -0.1) is 0 Å². The number of alkyl halides is 2. The van der Waals surface area contributed by atoms with E-state index >= 15 is 0 Å². The van der Waals surface area contributed by atoms with Crippen LogP contribution in [0.4, 0.5) is 14.5 Å². The second-order valence-corrected chi connectivity index (χ2v) is 6.04. The summed E-state index contributed by atoms with van der Waals surface area (Å²) in [5, 5.41) is 3.42. The van der Waals surface area contributed by atoms with Crippen LogP contribution in [0.5, 0.6) is 0 Å². The lowest BCUT2D eigenvalue weighted by molar-refractivity contribution is -0.121. The number of thioether (sulfide) groups is 1. The smallest absolute Gasteiger partial charge is 0.288 e. The molecular weight excluding hydrogens is 316 g/mol. The first-order valence-corrected chi connectivity index (χ1v) is 7.68. The molecule has 1 aliphatic rings. The quantitative estimate of drug-likeness (QED) is 0.656. The second-order valence-electron chi connectivity index (χ2n) is 4.59. The lowest BCUT2D eigenvalue weighted by atomic mass is 10.2. The van der Waals surface area contributed by atoms with Gasteiger partial charge in [-0.25, -0.2) is 0 Å². The summed E-state index contributed by atoms with van der Waals surface area (Å²) in [4.78, 5) is 13.6. The van der Waals surface area contributed by atoms with Crippen molar-refractivity contribution in [3.8, 4) is 0 Å². The number of carbonyl (C=O) groups excluding carboxylic acids is 1. The third-order valence-corrected chi connectivity index (χ3v) is 4.23. The molecule has 0 saturated carbocycles. The van der Waals surface area contributed by atoms with Gasteiger partial charge in [0.15, 0.2) is 5.11 Å². The summed E-state index contributed by atoms with van der Waals surface area (Å²) in [5.41, 5.74) is 6.03. The maximum Gasteiger partial charge on any atom is 0.288 e. The molecule has 21 heavy (non-hydrogen) atoms. The third-order valence-electron chi connectivity index (χ3n) is 3.17. The van der Waals surface area contributed by atoms with Crippen LogP contribution in [0.3, 0.4) is 0 Å². The van der Waals surface area contributed by atoms with Crippen molar-refractivity contribution in [3.63, 3.8) is 0 Å². The molecule has 1 aromatic rings. The van der Waals surface area contributed by atoms with E-state index in [9.17, 15) is 13.6 Å². The van der Waals surface area contributed by atoms with Gasteiger partial charge < -0.3 is 16.0 Å². The van der Waals surface area contributed by atoms with E-state index in [4.69, 9.17) is 18.0 Å². The standard InChI is InChI=1S/C13H15F2N3OS2/c14-12(15)21-9-5-3-8(4-6-9)17-13(20)18-7-1-2-10(18)11(16)19/h3-6,10,12H,1-2,7H2,(H2,16,19)(H,17,20)/t10-/m0/s1. The van der Waals surface area contributed by atoms with E-state index in [1.165, 1.54) is 0 Å². The number of primary amides is 1. The number of nitrogens with one attached hydrogen (secondary N) is 1. The van der Waals surface area contributed by atoms with Crippen molar-refractivity contribution < 1.29 is 13.6 Å². The Morgan fingerprint density at radius 2 is 2.10 bits per heavy atom. The molecule has 2 rings (SSSR count). The van der Waals surface area contributed by atoms with Gasteiger partial charge in [0, 0.05) is 17.1 Å². The first kappa shape index (κ1) is 16.0. The molecule has 1 saturated heterocycles. The molecular formula is C13H15F2N3OS2. The van der Waals surface area contributed by atoms with Crippen LogP contribution in [-0.4, -0.2) is 34.3 Å². The molecule has 0 aromatic heterocycles. The summed E-state index contributed by atoms with van der Waals surface area (Å²) in [6.07, 6.45) is 1.56. The monoisotopic (exact) mass is 331 g/mol. The molecule has 8 heteroatoms. The van der Waals surface area contributed by atoms with Crippen LogP contribution < -0.4 is 11.1 Å². The zero-order chi connectivity index (χ0) is 15.4. The minimum absolute atomic E-state index is 0.376. The molecule has 3 N–H and O–H groups in total. The first-order valence-electron chi connectivity index (χ1n) is 6.39. The average molecular weight is 331 g/mol. The number of nitrogens with two attached hydrogens (primary N) is 1. The summed E-state index contributed by atoms with van der Waals surface area (Å²) in [7, 11) is 0. The van der Waals surface area contributed by atoms with Gasteiger partial charge in [0.2, 0.25) is 5.91 Å². The maximum atomic E-state index is 12.2. The molecule has 1 heterocycles. The number of anilines is 1. The number of amides is 1. The number of carbonyl (C=O) groups is 1. The Morgan fingerprint density at radius 3 is 2.67 bits per heavy atom. The lowest BCUT2D eigenvalue weighted by Crippen LogP contribution is -2.45. The maximum absolute atomic E-state index is 12.2. The van der Waals surface area contributed by atoms with Crippen LogP contribution >= 0.6 is 24.0 Å². The summed E-state index contributed by atoms with van der Waals surface area (Å²) >= 11 is 5.77. The van der Waals surface area contributed by atoms with Gasteiger partial charge >= 0.3 is 0 Å². The zero-order valence-corrected chi connectivity index (χ0v) is 12.7.